The lowest BCUT2D eigenvalue weighted by Gasteiger charge is -2.11. The van der Waals surface area contributed by atoms with Crippen LogP contribution in [0.3, 0.4) is 0 Å². The van der Waals surface area contributed by atoms with Crippen molar-refractivity contribution in [3.05, 3.63) is 17.5 Å². The van der Waals surface area contributed by atoms with Gasteiger partial charge >= 0.3 is 5.97 Å². The van der Waals surface area contributed by atoms with E-state index in [9.17, 15) is 4.79 Å². The van der Waals surface area contributed by atoms with Crippen LogP contribution in [0.5, 0.6) is 0 Å². The minimum Gasteiger partial charge on any atom is -0.477 e. The number of aromatic carboxylic acids is 1. The number of carboxylic acids is 1. The van der Waals surface area contributed by atoms with Crippen molar-refractivity contribution in [1.29, 1.82) is 0 Å². The van der Waals surface area contributed by atoms with E-state index in [1.807, 2.05) is 32.8 Å². The van der Waals surface area contributed by atoms with Gasteiger partial charge in [0, 0.05) is 18.2 Å². The van der Waals surface area contributed by atoms with Gasteiger partial charge in [0.25, 0.3) is 0 Å². The summed E-state index contributed by atoms with van der Waals surface area (Å²) in [5.41, 5.74) is 1.04. The molecule has 0 spiro atoms. The van der Waals surface area contributed by atoms with Gasteiger partial charge in [-0.1, -0.05) is 0 Å². The molecule has 15 heavy (non-hydrogen) atoms. The molecule has 0 radical (unpaired) electrons. The summed E-state index contributed by atoms with van der Waals surface area (Å²) in [7, 11) is 3.80. The third-order valence-electron chi connectivity index (χ3n) is 2.05. The van der Waals surface area contributed by atoms with Gasteiger partial charge in [-0.25, -0.2) is 4.79 Å². The van der Waals surface area contributed by atoms with E-state index in [2.05, 4.69) is 5.10 Å². The summed E-state index contributed by atoms with van der Waals surface area (Å²) in [5.74, 6) is -0.918. The molecule has 0 aliphatic rings. The summed E-state index contributed by atoms with van der Waals surface area (Å²) >= 11 is 0. The Morgan fingerprint density at radius 2 is 2.20 bits per heavy atom. The summed E-state index contributed by atoms with van der Waals surface area (Å²) in [6.07, 6.45) is 1.63. The standard InChI is InChI=1S/C10H17N3O2/c1-7(2)13-9(10(14)15)8(5-11-13)6-12(3)4/h5,7H,6H2,1-4H3,(H,14,15). The lowest BCUT2D eigenvalue weighted by molar-refractivity contribution is 0.0679. The second-order valence-corrected chi connectivity index (χ2v) is 4.10. The highest BCUT2D eigenvalue weighted by atomic mass is 16.4. The Hall–Kier alpha value is -1.36. The van der Waals surface area contributed by atoms with Crippen molar-refractivity contribution >= 4 is 5.97 Å². The van der Waals surface area contributed by atoms with Crippen LogP contribution in [0.4, 0.5) is 0 Å². The third-order valence-corrected chi connectivity index (χ3v) is 2.05. The first-order valence-corrected chi connectivity index (χ1v) is 4.88. The van der Waals surface area contributed by atoms with E-state index in [1.165, 1.54) is 0 Å². The molecule has 0 bridgehead atoms. The molecule has 1 N–H and O–H groups in total. The molecule has 1 heterocycles. The first-order chi connectivity index (χ1) is 6.93. The van der Waals surface area contributed by atoms with E-state index in [-0.39, 0.29) is 6.04 Å². The minimum atomic E-state index is -0.918. The van der Waals surface area contributed by atoms with Crippen molar-refractivity contribution < 1.29 is 9.90 Å². The Labute approximate surface area is 89.3 Å². The van der Waals surface area contributed by atoms with E-state index >= 15 is 0 Å². The molecule has 0 aliphatic carbocycles. The highest BCUT2D eigenvalue weighted by Gasteiger charge is 2.19. The van der Waals surface area contributed by atoms with Gasteiger partial charge in [0.05, 0.1) is 6.20 Å². The molecule has 0 unspecified atom stereocenters. The van der Waals surface area contributed by atoms with Crippen LogP contribution in [-0.4, -0.2) is 39.9 Å². The van der Waals surface area contributed by atoms with Crippen molar-refractivity contribution in [1.82, 2.24) is 14.7 Å². The van der Waals surface area contributed by atoms with Crippen molar-refractivity contribution in [3.63, 3.8) is 0 Å². The van der Waals surface area contributed by atoms with Crippen LogP contribution in [0.15, 0.2) is 6.20 Å². The molecule has 1 rings (SSSR count). The Morgan fingerprint density at radius 1 is 1.60 bits per heavy atom. The molecule has 0 atom stereocenters. The van der Waals surface area contributed by atoms with E-state index in [0.717, 1.165) is 5.56 Å². The van der Waals surface area contributed by atoms with Gasteiger partial charge in [-0.15, -0.1) is 0 Å². The predicted molar refractivity (Wildman–Crippen MR) is 57.0 cm³/mol. The fraction of sp³-hybridized carbons (Fsp3) is 0.600. The monoisotopic (exact) mass is 211 g/mol. The molecule has 0 saturated carbocycles. The summed E-state index contributed by atoms with van der Waals surface area (Å²) < 4.78 is 1.54. The zero-order valence-corrected chi connectivity index (χ0v) is 9.56. The normalized spacial score (nSPS) is 11.3. The van der Waals surface area contributed by atoms with E-state index < -0.39 is 5.97 Å². The van der Waals surface area contributed by atoms with Crippen LogP contribution in [0.1, 0.15) is 35.9 Å². The Kier molecular flexibility index (Phi) is 3.47. The second-order valence-electron chi connectivity index (χ2n) is 4.10. The topological polar surface area (TPSA) is 58.4 Å². The fourth-order valence-corrected chi connectivity index (χ4v) is 1.48. The number of carbonyl (C=O) groups is 1. The molecule has 0 aromatic carbocycles. The molecule has 0 fully saturated rings. The van der Waals surface area contributed by atoms with Crippen molar-refractivity contribution in [2.45, 2.75) is 26.4 Å². The molecule has 0 aliphatic heterocycles. The lowest BCUT2D eigenvalue weighted by Crippen LogP contribution is -2.17. The first-order valence-electron chi connectivity index (χ1n) is 4.88. The quantitative estimate of drug-likeness (QED) is 0.813. The number of carboxylic acid groups (broad SMARTS) is 1. The van der Waals surface area contributed by atoms with Crippen LogP contribution >= 0.6 is 0 Å². The SMILES string of the molecule is CC(C)n1ncc(CN(C)C)c1C(=O)O. The van der Waals surface area contributed by atoms with Gasteiger partial charge in [0.1, 0.15) is 0 Å². The average Bonchev–Trinajstić information content (AvgIpc) is 2.46. The molecule has 1 aromatic heterocycles. The highest BCUT2D eigenvalue weighted by molar-refractivity contribution is 5.87. The molecule has 5 nitrogen and oxygen atoms in total. The van der Waals surface area contributed by atoms with Gasteiger partial charge in [-0.3, -0.25) is 4.68 Å². The van der Waals surface area contributed by atoms with Crippen LogP contribution in [0, 0.1) is 0 Å². The number of hydrogen-bond donors (Lipinski definition) is 1. The largest absolute Gasteiger partial charge is 0.477 e. The molecular formula is C10H17N3O2. The minimum absolute atomic E-state index is 0.0620. The van der Waals surface area contributed by atoms with E-state index in [0.29, 0.717) is 12.2 Å². The highest BCUT2D eigenvalue weighted by Crippen LogP contribution is 2.15. The Bertz CT molecular complexity index is 356. The van der Waals surface area contributed by atoms with Crippen LogP contribution in [-0.2, 0) is 6.54 Å². The van der Waals surface area contributed by atoms with Gasteiger partial charge in [0.2, 0.25) is 0 Å². The average molecular weight is 211 g/mol. The van der Waals surface area contributed by atoms with Gasteiger partial charge in [-0.05, 0) is 27.9 Å². The van der Waals surface area contributed by atoms with Crippen LogP contribution in [0.25, 0.3) is 0 Å². The summed E-state index contributed by atoms with van der Waals surface area (Å²) in [5, 5.41) is 13.2. The van der Waals surface area contributed by atoms with Gasteiger partial charge < -0.3 is 10.0 Å². The fourth-order valence-electron chi connectivity index (χ4n) is 1.48. The number of nitrogens with zero attached hydrogens (tertiary/aromatic N) is 3. The maximum Gasteiger partial charge on any atom is 0.354 e. The lowest BCUT2D eigenvalue weighted by atomic mass is 10.2. The number of aromatic nitrogens is 2. The van der Waals surface area contributed by atoms with Gasteiger partial charge in [-0.2, -0.15) is 5.10 Å². The van der Waals surface area contributed by atoms with Crippen molar-refractivity contribution in [3.8, 4) is 0 Å². The van der Waals surface area contributed by atoms with Crippen molar-refractivity contribution in [2.24, 2.45) is 0 Å². The predicted octanol–water partition coefficient (Wildman–Crippen LogP) is 1.22. The number of rotatable bonds is 4. The van der Waals surface area contributed by atoms with E-state index in [1.54, 1.807) is 10.9 Å². The summed E-state index contributed by atoms with van der Waals surface area (Å²) in [6.45, 7) is 4.42. The first kappa shape index (κ1) is 11.7. The Morgan fingerprint density at radius 3 is 2.60 bits per heavy atom. The summed E-state index contributed by atoms with van der Waals surface area (Å²) in [6, 6.07) is 0.0620. The van der Waals surface area contributed by atoms with Crippen molar-refractivity contribution in [2.75, 3.05) is 14.1 Å². The number of hydrogen-bond acceptors (Lipinski definition) is 3. The third kappa shape index (κ3) is 2.56. The molecule has 1 aromatic rings. The van der Waals surface area contributed by atoms with E-state index in [4.69, 9.17) is 5.11 Å². The maximum absolute atomic E-state index is 11.1. The second kappa shape index (κ2) is 4.44. The summed E-state index contributed by atoms with van der Waals surface area (Å²) in [4.78, 5) is 13.0. The zero-order valence-electron chi connectivity index (χ0n) is 9.56. The molecular weight excluding hydrogens is 194 g/mol. The maximum atomic E-state index is 11.1. The smallest absolute Gasteiger partial charge is 0.354 e. The Balaban J connectivity index is 3.12. The zero-order chi connectivity index (χ0) is 11.6. The molecule has 0 saturated heterocycles. The van der Waals surface area contributed by atoms with Crippen LogP contribution < -0.4 is 0 Å². The molecule has 5 heteroatoms. The van der Waals surface area contributed by atoms with Gasteiger partial charge in [0.15, 0.2) is 5.69 Å². The molecule has 0 amide bonds. The van der Waals surface area contributed by atoms with Crippen LogP contribution in [0.2, 0.25) is 0 Å². The molecule has 84 valence electrons.